The third-order valence-electron chi connectivity index (χ3n) is 7.58. The van der Waals surface area contributed by atoms with Crippen LogP contribution in [0.3, 0.4) is 0 Å². The van der Waals surface area contributed by atoms with Crippen molar-refractivity contribution >= 4 is 23.6 Å². The number of likely N-dealkylation sites (tertiary alicyclic amines) is 1. The van der Waals surface area contributed by atoms with Gasteiger partial charge in [0.1, 0.15) is 18.1 Å². The number of fused-ring (bicyclic) bond motifs is 1. The van der Waals surface area contributed by atoms with Crippen molar-refractivity contribution in [2.24, 2.45) is 23.2 Å². The van der Waals surface area contributed by atoms with Gasteiger partial charge in [-0.05, 0) is 63.2 Å². The first kappa shape index (κ1) is 28.7. The largest absolute Gasteiger partial charge is 0.471 e. The first-order valence-corrected chi connectivity index (χ1v) is 12.6. The van der Waals surface area contributed by atoms with E-state index in [0.29, 0.717) is 12.8 Å². The monoisotopic (exact) mass is 527 g/mol. The average molecular weight is 528 g/mol. The summed E-state index contributed by atoms with van der Waals surface area (Å²) in [5, 5.41) is 17.0. The van der Waals surface area contributed by atoms with E-state index in [1.54, 1.807) is 0 Å². The maximum atomic E-state index is 13.5. The van der Waals surface area contributed by atoms with Gasteiger partial charge in [-0.15, -0.1) is 0 Å². The van der Waals surface area contributed by atoms with Gasteiger partial charge in [-0.1, -0.05) is 20.8 Å². The molecule has 6 atom stereocenters. The molecule has 4 amide bonds. The van der Waals surface area contributed by atoms with Gasteiger partial charge in [0.05, 0.1) is 6.07 Å². The molecule has 206 valence electrons. The molecule has 0 aromatic carbocycles. The van der Waals surface area contributed by atoms with Crippen LogP contribution in [0.25, 0.3) is 0 Å². The number of nitriles is 1. The van der Waals surface area contributed by atoms with E-state index in [9.17, 15) is 37.6 Å². The van der Waals surface area contributed by atoms with Crippen molar-refractivity contribution in [1.29, 1.82) is 5.26 Å². The van der Waals surface area contributed by atoms with Crippen molar-refractivity contribution in [2.75, 3.05) is 6.54 Å². The van der Waals surface area contributed by atoms with Gasteiger partial charge in [0, 0.05) is 18.0 Å². The Morgan fingerprint density at radius 3 is 2.35 bits per heavy atom. The van der Waals surface area contributed by atoms with E-state index in [-0.39, 0.29) is 36.2 Å². The highest BCUT2D eigenvalue weighted by Crippen LogP contribution is 2.47. The van der Waals surface area contributed by atoms with Crippen LogP contribution in [-0.2, 0) is 19.2 Å². The molecule has 1 saturated carbocycles. The Morgan fingerprint density at radius 2 is 1.81 bits per heavy atom. The molecule has 2 heterocycles. The lowest BCUT2D eigenvalue weighted by atomic mass is 9.83. The molecule has 6 unspecified atom stereocenters. The number of hydrogen-bond donors (Lipinski definition) is 3. The van der Waals surface area contributed by atoms with Crippen LogP contribution in [0.15, 0.2) is 0 Å². The SMILES string of the molecule is CC1(C)CCC(CC(C#N)NC(=O)C2CC3CC3CN2C(=O)C(NC(=O)C(F)(F)F)C(C)(C)C)C(=O)N1. The van der Waals surface area contributed by atoms with Crippen molar-refractivity contribution < 1.29 is 32.3 Å². The second kappa shape index (κ2) is 10.1. The quantitative estimate of drug-likeness (QED) is 0.486. The molecule has 3 fully saturated rings. The zero-order chi connectivity index (χ0) is 27.9. The zero-order valence-electron chi connectivity index (χ0n) is 21.9. The van der Waals surface area contributed by atoms with E-state index >= 15 is 0 Å². The van der Waals surface area contributed by atoms with E-state index in [4.69, 9.17) is 0 Å². The second-order valence-electron chi connectivity index (χ2n) is 12.3. The van der Waals surface area contributed by atoms with Crippen LogP contribution in [0.4, 0.5) is 13.2 Å². The van der Waals surface area contributed by atoms with Gasteiger partial charge in [-0.3, -0.25) is 19.2 Å². The topological polar surface area (TPSA) is 131 Å². The fourth-order valence-corrected chi connectivity index (χ4v) is 5.22. The summed E-state index contributed by atoms with van der Waals surface area (Å²) in [5.74, 6) is -3.85. The maximum absolute atomic E-state index is 13.5. The highest BCUT2D eigenvalue weighted by molar-refractivity contribution is 5.94. The van der Waals surface area contributed by atoms with Gasteiger partial charge < -0.3 is 20.9 Å². The van der Waals surface area contributed by atoms with Crippen LogP contribution in [0.2, 0.25) is 0 Å². The second-order valence-corrected chi connectivity index (χ2v) is 12.3. The Morgan fingerprint density at radius 1 is 1.16 bits per heavy atom. The standard InChI is InChI=1S/C25H36F3N5O4/c1-23(2,3)18(31-22(37)25(26,27)28)21(36)33-12-15-8-14(15)10-17(33)20(35)30-16(11-29)9-13-6-7-24(4,5)32-19(13)34/h13-18H,6-10,12H2,1-5H3,(H,30,35)(H,31,37)(H,32,34). The van der Waals surface area contributed by atoms with Gasteiger partial charge in [-0.2, -0.15) is 18.4 Å². The highest BCUT2D eigenvalue weighted by Gasteiger charge is 2.52. The number of nitrogens with zero attached hydrogens (tertiary/aromatic N) is 2. The number of hydrogen-bond acceptors (Lipinski definition) is 5. The lowest BCUT2D eigenvalue weighted by Gasteiger charge is -2.40. The van der Waals surface area contributed by atoms with Crippen molar-refractivity contribution in [3.63, 3.8) is 0 Å². The smallest absolute Gasteiger partial charge is 0.351 e. The van der Waals surface area contributed by atoms with Gasteiger partial charge in [0.25, 0.3) is 0 Å². The Bertz CT molecular complexity index is 984. The summed E-state index contributed by atoms with van der Waals surface area (Å²) in [7, 11) is 0. The van der Waals surface area contributed by atoms with E-state index in [1.165, 1.54) is 25.7 Å². The number of alkyl halides is 3. The minimum absolute atomic E-state index is 0.114. The van der Waals surface area contributed by atoms with Crippen molar-refractivity contribution in [3.8, 4) is 6.07 Å². The van der Waals surface area contributed by atoms with Crippen LogP contribution in [0, 0.1) is 34.5 Å². The first-order chi connectivity index (χ1) is 16.9. The summed E-state index contributed by atoms with van der Waals surface area (Å²) in [6.07, 6.45) is -2.64. The maximum Gasteiger partial charge on any atom is 0.471 e. The predicted octanol–water partition coefficient (Wildman–Crippen LogP) is 2.02. The van der Waals surface area contributed by atoms with Gasteiger partial charge >= 0.3 is 12.1 Å². The fourth-order valence-electron chi connectivity index (χ4n) is 5.22. The fraction of sp³-hybridized carbons (Fsp3) is 0.800. The molecule has 0 spiro atoms. The Balaban J connectivity index is 1.74. The number of amides is 4. The van der Waals surface area contributed by atoms with Crippen LogP contribution in [-0.4, -0.2) is 64.9 Å². The third-order valence-corrected chi connectivity index (χ3v) is 7.58. The molecule has 0 aromatic heterocycles. The first-order valence-electron chi connectivity index (χ1n) is 12.6. The van der Waals surface area contributed by atoms with Crippen molar-refractivity contribution in [3.05, 3.63) is 0 Å². The number of carbonyl (C=O) groups is 4. The highest BCUT2D eigenvalue weighted by atomic mass is 19.4. The van der Waals surface area contributed by atoms with Crippen LogP contribution < -0.4 is 16.0 Å². The Labute approximate surface area is 214 Å². The summed E-state index contributed by atoms with van der Waals surface area (Å²) in [6, 6.07) is -1.45. The minimum Gasteiger partial charge on any atom is -0.351 e. The molecule has 37 heavy (non-hydrogen) atoms. The summed E-state index contributed by atoms with van der Waals surface area (Å²) < 4.78 is 38.9. The molecule has 2 aliphatic heterocycles. The van der Waals surface area contributed by atoms with Crippen LogP contribution >= 0.6 is 0 Å². The Kier molecular flexibility index (Phi) is 7.87. The summed E-state index contributed by atoms with van der Waals surface area (Å²) in [5.41, 5.74) is -1.40. The lowest BCUT2D eigenvalue weighted by Crippen LogP contribution is -2.62. The third kappa shape index (κ3) is 6.93. The molecule has 12 heteroatoms. The molecular formula is C25H36F3N5O4. The summed E-state index contributed by atoms with van der Waals surface area (Å²) >= 11 is 0. The molecule has 0 radical (unpaired) electrons. The molecule has 0 aromatic rings. The molecule has 2 saturated heterocycles. The Hall–Kier alpha value is -2.84. The van der Waals surface area contributed by atoms with Gasteiger partial charge in [0.15, 0.2) is 0 Å². The van der Waals surface area contributed by atoms with E-state index in [0.717, 1.165) is 12.8 Å². The summed E-state index contributed by atoms with van der Waals surface area (Å²) in [4.78, 5) is 52.2. The molecule has 3 aliphatic rings. The van der Waals surface area contributed by atoms with Crippen LogP contribution in [0.5, 0.6) is 0 Å². The normalized spacial score (nSPS) is 28.6. The lowest BCUT2D eigenvalue weighted by molar-refractivity contribution is -0.176. The molecule has 9 nitrogen and oxygen atoms in total. The number of carbonyl (C=O) groups excluding carboxylic acids is 4. The number of piperidine rings is 2. The number of halogens is 3. The van der Waals surface area contributed by atoms with Gasteiger partial charge in [0.2, 0.25) is 17.7 Å². The van der Waals surface area contributed by atoms with Crippen molar-refractivity contribution in [1.82, 2.24) is 20.9 Å². The molecule has 0 bridgehead atoms. The molecule has 3 N–H and O–H groups in total. The minimum atomic E-state index is -5.16. The molecule has 3 rings (SSSR count). The number of nitrogens with one attached hydrogen (secondary N) is 3. The van der Waals surface area contributed by atoms with Gasteiger partial charge in [-0.25, -0.2) is 0 Å². The van der Waals surface area contributed by atoms with Crippen molar-refractivity contribution in [2.45, 2.75) is 96.6 Å². The molecular weight excluding hydrogens is 491 g/mol. The van der Waals surface area contributed by atoms with E-state index in [2.05, 4.69) is 10.6 Å². The average Bonchev–Trinajstić information content (AvgIpc) is 3.53. The zero-order valence-corrected chi connectivity index (χ0v) is 21.9. The van der Waals surface area contributed by atoms with E-state index < -0.39 is 53.4 Å². The van der Waals surface area contributed by atoms with Crippen LogP contribution in [0.1, 0.15) is 66.7 Å². The number of rotatable bonds is 6. The summed E-state index contributed by atoms with van der Waals surface area (Å²) in [6.45, 7) is 8.61. The van der Waals surface area contributed by atoms with E-state index in [1.807, 2.05) is 25.2 Å². The predicted molar refractivity (Wildman–Crippen MR) is 126 cm³/mol. The molecule has 1 aliphatic carbocycles.